The van der Waals surface area contributed by atoms with Crippen molar-refractivity contribution in [3.05, 3.63) is 0 Å². The summed E-state index contributed by atoms with van der Waals surface area (Å²) < 4.78 is 5.08. The van der Waals surface area contributed by atoms with Crippen LogP contribution in [0.4, 0.5) is 0 Å². The minimum atomic E-state index is -0.104. The van der Waals surface area contributed by atoms with E-state index < -0.39 is 0 Å². The number of ether oxygens (including phenoxy) is 1. The predicted octanol–water partition coefficient (Wildman–Crippen LogP) is 3.40. The van der Waals surface area contributed by atoms with E-state index in [0.29, 0.717) is 38.1 Å². The first-order valence-electron chi connectivity index (χ1n) is 6.96. The van der Waals surface area contributed by atoms with Gasteiger partial charge in [0.1, 0.15) is 5.78 Å². The van der Waals surface area contributed by atoms with E-state index in [4.69, 9.17) is 4.74 Å². The zero-order valence-corrected chi connectivity index (χ0v) is 10.7. The molecule has 17 heavy (non-hydrogen) atoms. The van der Waals surface area contributed by atoms with Crippen LogP contribution < -0.4 is 0 Å². The molecule has 1 fully saturated rings. The Hall–Kier alpha value is -0.860. The maximum Gasteiger partial charge on any atom is 0.305 e. The summed E-state index contributed by atoms with van der Waals surface area (Å²) in [6.45, 7) is 0.407. The molecule has 0 N–H and O–H groups in total. The number of Topliss-reactive ketones (excluding diaryl/α,β-unsaturated/α-hetero) is 1. The Labute approximate surface area is 104 Å². The number of ketones is 1. The molecule has 0 saturated carbocycles. The highest BCUT2D eigenvalue weighted by Crippen LogP contribution is 2.12. The van der Waals surface area contributed by atoms with Gasteiger partial charge in [0.2, 0.25) is 0 Å². The topological polar surface area (TPSA) is 43.4 Å². The Balaban J connectivity index is 2.24. The lowest BCUT2D eigenvalue weighted by Gasteiger charge is -2.04. The Morgan fingerprint density at radius 2 is 1.18 bits per heavy atom. The van der Waals surface area contributed by atoms with E-state index in [9.17, 15) is 9.59 Å². The number of rotatable bonds is 0. The molecule has 0 atom stereocenters. The van der Waals surface area contributed by atoms with Gasteiger partial charge in [0.25, 0.3) is 0 Å². The summed E-state index contributed by atoms with van der Waals surface area (Å²) >= 11 is 0. The van der Waals surface area contributed by atoms with Crippen LogP contribution in [0.15, 0.2) is 0 Å². The van der Waals surface area contributed by atoms with Crippen LogP contribution in [0.3, 0.4) is 0 Å². The predicted molar refractivity (Wildman–Crippen MR) is 66.8 cm³/mol. The van der Waals surface area contributed by atoms with Gasteiger partial charge in [-0.15, -0.1) is 0 Å². The zero-order chi connectivity index (χ0) is 12.3. The van der Waals surface area contributed by atoms with Gasteiger partial charge in [-0.05, 0) is 19.3 Å². The maximum absolute atomic E-state index is 11.5. The summed E-state index contributed by atoms with van der Waals surface area (Å²) in [5, 5.41) is 0. The third-order valence-corrected chi connectivity index (χ3v) is 3.20. The Morgan fingerprint density at radius 3 is 1.88 bits per heavy atom. The van der Waals surface area contributed by atoms with Crippen LogP contribution in [-0.4, -0.2) is 18.4 Å². The molecule has 1 heterocycles. The summed E-state index contributed by atoms with van der Waals surface area (Å²) in [4.78, 5) is 22.8. The first-order chi connectivity index (χ1) is 8.29. The number of hydrogen-bond acceptors (Lipinski definition) is 3. The number of hydrogen-bond donors (Lipinski definition) is 0. The summed E-state index contributed by atoms with van der Waals surface area (Å²) in [6, 6.07) is 0. The van der Waals surface area contributed by atoms with E-state index in [1.165, 1.54) is 25.7 Å². The number of esters is 1. The van der Waals surface area contributed by atoms with Gasteiger partial charge >= 0.3 is 5.97 Å². The van der Waals surface area contributed by atoms with Crippen LogP contribution in [0, 0.1) is 0 Å². The fraction of sp³-hybridized carbons (Fsp3) is 0.857. The molecule has 98 valence electrons. The van der Waals surface area contributed by atoms with Gasteiger partial charge in [-0.25, -0.2) is 0 Å². The Bertz CT molecular complexity index is 212. The second-order valence-electron chi connectivity index (χ2n) is 4.84. The molecule has 0 aromatic rings. The van der Waals surface area contributed by atoms with Gasteiger partial charge in [0, 0.05) is 19.3 Å². The van der Waals surface area contributed by atoms with Crippen LogP contribution in [0.25, 0.3) is 0 Å². The van der Waals surface area contributed by atoms with E-state index in [2.05, 4.69) is 0 Å². The highest BCUT2D eigenvalue weighted by Gasteiger charge is 2.06. The fourth-order valence-electron chi connectivity index (χ4n) is 2.13. The molecule has 3 nitrogen and oxygen atoms in total. The molecule has 0 radical (unpaired) electrons. The molecule has 1 aliphatic rings. The molecule has 0 bridgehead atoms. The van der Waals surface area contributed by atoms with Crippen molar-refractivity contribution in [2.45, 2.75) is 70.6 Å². The van der Waals surface area contributed by atoms with E-state index in [0.717, 1.165) is 19.3 Å². The highest BCUT2D eigenvalue weighted by atomic mass is 16.5. The largest absolute Gasteiger partial charge is 0.466 e. The van der Waals surface area contributed by atoms with Gasteiger partial charge in [-0.2, -0.15) is 0 Å². The molecule has 3 heteroatoms. The molecular weight excluding hydrogens is 216 g/mol. The molecule has 1 aliphatic heterocycles. The van der Waals surface area contributed by atoms with Gasteiger partial charge in [-0.3, -0.25) is 9.59 Å². The molecule has 0 aliphatic carbocycles. The van der Waals surface area contributed by atoms with Crippen LogP contribution >= 0.6 is 0 Å². The molecule has 0 unspecified atom stereocenters. The third-order valence-electron chi connectivity index (χ3n) is 3.20. The normalized spacial score (nSPS) is 22.4. The number of carbonyl (C=O) groups is 2. The van der Waals surface area contributed by atoms with E-state index in [1.54, 1.807) is 0 Å². The van der Waals surface area contributed by atoms with Gasteiger partial charge in [-0.1, -0.05) is 32.1 Å². The molecule has 0 amide bonds. The summed E-state index contributed by atoms with van der Waals surface area (Å²) in [6.07, 6.45) is 10.4. The highest BCUT2D eigenvalue weighted by molar-refractivity contribution is 5.78. The van der Waals surface area contributed by atoms with Crippen molar-refractivity contribution < 1.29 is 14.3 Å². The van der Waals surface area contributed by atoms with E-state index in [-0.39, 0.29) is 5.97 Å². The van der Waals surface area contributed by atoms with Crippen molar-refractivity contribution in [1.29, 1.82) is 0 Å². The van der Waals surface area contributed by atoms with E-state index in [1.807, 2.05) is 0 Å². The average molecular weight is 240 g/mol. The Kier molecular flexibility index (Phi) is 7.69. The van der Waals surface area contributed by atoms with Crippen LogP contribution in [0.5, 0.6) is 0 Å². The van der Waals surface area contributed by atoms with Crippen LogP contribution in [0.1, 0.15) is 70.6 Å². The van der Waals surface area contributed by atoms with Crippen LogP contribution in [-0.2, 0) is 14.3 Å². The standard InChI is InChI=1S/C14H24O3/c15-13-9-6-4-2-1-3-5-7-11-14(16)17-12-8-10-13/h1-12H2. The molecule has 0 aromatic heterocycles. The van der Waals surface area contributed by atoms with Crippen molar-refractivity contribution >= 4 is 11.8 Å². The molecular formula is C14H24O3. The van der Waals surface area contributed by atoms with Gasteiger partial charge in [0.15, 0.2) is 0 Å². The lowest BCUT2D eigenvalue weighted by molar-refractivity contribution is -0.144. The molecule has 0 aromatic carbocycles. The monoisotopic (exact) mass is 240 g/mol. The number of cyclic esters (lactones) is 1. The molecule has 1 rings (SSSR count). The summed E-state index contributed by atoms with van der Waals surface area (Å²) in [5.41, 5.74) is 0. The summed E-state index contributed by atoms with van der Waals surface area (Å²) in [7, 11) is 0. The van der Waals surface area contributed by atoms with Crippen molar-refractivity contribution in [3.8, 4) is 0 Å². The van der Waals surface area contributed by atoms with Gasteiger partial charge < -0.3 is 4.74 Å². The maximum atomic E-state index is 11.5. The van der Waals surface area contributed by atoms with Gasteiger partial charge in [0.05, 0.1) is 6.61 Å². The molecule has 0 spiro atoms. The lowest BCUT2D eigenvalue weighted by Crippen LogP contribution is -2.07. The smallest absolute Gasteiger partial charge is 0.305 e. The summed E-state index contributed by atoms with van der Waals surface area (Å²) in [5.74, 6) is 0.211. The van der Waals surface area contributed by atoms with Crippen molar-refractivity contribution in [1.82, 2.24) is 0 Å². The van der Waals surface area contributed by atoms with Crippen molar-refractivity contribution in [2.75, 3.05) is 6.61 Å². The van der Waals surface area contributed by atoms with Crippen molar-refractivity contribution in [2.24, 2.45) is 0 Å². The minimum absolute atomic E-state index is 0.104. The quantitative estimate of drug-likeness (QED) is 0.609. The first-order valence-corrected chi connectivity index (χ1v) is 6.96. The zero-order valence-electron chi connectivity index (χ0n) is 10.7. The Morgan fingerprint density at radius 1 is 0.647 bits per heavy atom. The van der Waals surface area contributed by atoms with E-state index >= 15 is 0 Å². The van der Waals surface area contributed by atoms with Crippen molar-refractivity contribution in [3.63, 3.8) is 0 Å². The first kappa shape index (κ1) is 14.2. The SMILES string of the molecule is O=C1CCCCCCCCCC(=O)OCCC1. The minimum Gasteiger partial charge on any atom is -0.466 e. The molecule has 1 saturated heterocycles. The number of carbonyl (C=O) groups excluding carboxylic acids is 2. The average Bonchev–Trinajstić information content (AvgIpc) is 2.32. The van der Waals surface area contributed by atoms with Crippen LogP contribution in [0.2, 0.25) is 0 Å². The fourth-order valence-corrected chi connectivity index (χ4v) is 2.13. The third kappa shape index (κ3) is 7.94. The second-order valence-corrected chi connectivity index (χ2v) is 4.84. The second kappa shape index (κ2) is 9.20. The lowest BCUT2D eigenvalue weighted by atomic mass is 10.0.